The minimum atomic E-state index is -4.81. The molecule has 1 aromatic rings. The molecule has 20 heavy (non-hydrogen) atoms. The molecular weight excluding hydrogens is 277 g/mol. The van der Waals surface area contributed by atoms with Crippen LogP contribution in [0.3, 0.4) is 0 Å². The van der Waals surface area contributed by atoms with Crippen LogP contribution in [0.2, 0.25) is 0 Å². The Kier molecular flexibility index (Phi) is 4.76. The van der Waals surface area contributed by atoms with Gasteiger partial charge in [0.1, 0.15) is 23.6 Å². The molecule has 0 aliphatic heterocycles. The van der Waals surface area contributed by atoms with Crippen LogP contribution in [-0.2, 0) is 0 Å². The van der Waals surface area contributed by atoms with Crippen molar-refractivity contribution in [2.75, 3.05) is 12.5 Å². The first-order chi connectivity index (χ1) is 9.39. The molecular formula is C11H7F3N4O2. The van der Waals surface area contributed by atoms with Crippen LogP contribution in [0.25, 0.3) is 0 Å². The van der Waals surface area contributed by atoms with Gasteiger partial charge in [0.25, 0.3) is 0 Å². The number of nitriles is 2. The van der Waals surface area contributed by atoms with Gasteiger partial charge in [-0.05, 0) is 12.1 Å². The summed E-state index contributed by atoms with van der Waals surface area (Å²) in [5.74, 6) is -0.463. The van der Waals surface area contributed by atoms with Gasteiger partial charge in [0.05, 0.1) is 12.8 Å². The average Bonchev–Trinajstić information content (AvgIpc) is 2.39. The molecule has 0 unspecified atom stereocenters. The highest BCUT2D eigenvalue weighted by Gasteiger charge is 2.31. The fraction of sp³-hybridized carbons (Fsp3) is 0.182. The van der Waals surface area contributed by atoms with Crippen LogP contribution < -0.4 is 14.9 Å². The van der Waals surface area contributed by atoms with Gasteiger partial charge in [-0.2, -0.15) is 15.6 Å². The Morgan fingerprint density at radius 2 is 1.95 bits per heavy atom. The Morgan fingerprint density at radius 1 is 1.30 bits per heavy atom. The molecule has 0 saturated heterocycles. The molecule has 0 bridgehead atoms. The highest BCUT2D eigenvalue weighted by atomic mass is 19.4. The zero-order chi connectivity index (χ0) is 15.2. The molecule has 0 atom stereocenters. The van der Waals surface area contributed by atoms with Crippen molar-refractivity contribution in [1.82, 2.24) is 0 Å². The minimum absolute atomic E-state index is 0.00531. The van der Waals surface area contributed by atoms with Crippen LogP contribution in [0, 0.1) is 22.7 Å². The lowest BCUT2D eigenvalue weighted by atomic mass is 10.3. The zero-order valence-electron chi connectivity index (χ0n) is 10.0. The number of anilines is 1. The van der Waals surface area contributed by atoms with Crippen molar-refractivity contribution in [3.63, 3.8) is 0 Å². The van der Waals surface area contributed by atoms with Gasteiger partial charge in [0.15, 0.2) is 0 Å². The van der Waals surface area contributed by atoms with Crippen LogP contribution >= 0.6 is 0 Å². The lowest BCUT2D eigenvalue weighted by Gasteiger charge is -2.12. The first kappa shape index (κ1) is 15.1. The second-order valence-corrected chi connectivity index (χ2v) is 3.21. The molecule has 0 amide bonds. The van der Waals surface area contributed by atoms with E-state index in [1.807, 2.05) is 0 Å². The largest absolute Gasteiger partial charge is 0.573 e. The van der Waals surface area contributed by atoms with Crippen molar-refractivity contribution in [2.24, 2.45) is 5.10 Å². The van der Waals surface area contributed by atoms with E-state index < -0.39 is 17.8 Å². The zero-order valence-corrected chi connectivity index (χ0v) is 10.0. The maximum absolute atomic E-state index is 12.1. The number of hydrogen-bond acceptors (Lipinski definition) is 6. The van der Waals surface area contributed by atoms with Gasteiger partial charge in [-0.15, -0.1) is 13.2 Å². The standard InChI is InChI=1S/C11H7F3N4O2/c1-19-10-4-8(20-11(12,13)14)2-3-9(10)18-17-7(5-15)6-16/h2-4,18H,1H3. The van der Waals surface area contributed by atoms with Crippen LogP contribution in [0.15, 0.2) is 23.3 Å². The Hall–Kier alpha value is -2.94. The normalized spacial score (nSPS) is 9.90. The molecule has 1 N–H and O–H groups in total. The molecule has 1 rings (SSSR count). The number of nitrogens with one attached hydrogen (secondary N) is 1. The molecule has 0 aliphatic rings. The molecule has 0 aliphatic carbocycles. The van der Waals surface area contributed by atoms with E-state index >= 15 is 0 Å². The minimum Gasteiger partial charge on any atom is -0.494 e. The summed E-state index contributed by atoms with van der Waals surface area (Å²) < 4.78 is 44.7. The van der Waals surface area contributed by atoms with Gasteiger partial charge in [-0.1, -0.05) is 0 Å². The molecule has 104 valence electrons. The highest BCUT2D eigenvalue weighted by Crippen LogP contribution is 2.32. The van der Waals surface area contributed by atoms with E-state index in [1.165, 1.54) is 25.3 Å². The van der Waals surface area contributed by atoms with Crippen LogP contribution in [-0.4, -0.2) is 19.2 Å². The quantitative estimate of drug-likeness (QED) is 0.677. The highest BCUT2D eigenvalue weighted by molar-refractivity contribution is 6.10. The van der Waals surface area contributed by atoms with Gasteiger partial charge >= 0.3 is 6.36 Å². The summed E-state index contributed by atoms with van der Waals surface area (Å²) in [6, 6.07) is 6.26. The summed E-state index contributed by atoms with van der Waals surface area (Å²) in [4.78, 5) is 0. The first-order valence-electron chi connectivity index (χ1n) is 4.97. The topological polar surface area (TPSA) is 90.4 Å². The van der Waals surface area contributed by atoms with E-state index in [0.29, 0.717) is 0 Å². The fourth-order valence-corrected chi connectivity index (χ4v) is 1.15. The van der Waals surface area contributed by atoms with E-state index in [9.17, 15) is 13.2 Å². The summed E-state index contributed by atoms with van der Waals surface area (Å²) in [5.41, 5.74) is 2.07. The third-order valence-electron chi connectivity index (χ3n) is 1.91. The Labute approximate surface area is 111 Å². The first-order valence-corrected chi connectivity index (χ1v) is 4.97. The summed E-state index contributed by atoms with van der Waals surface area (Å²) in [7, 11) is 1.23. The average molecular weight is 284 g/mol. The lowest BCUT2D eigenvalue weighted by Crippen LogP contribution is -2.17. The number of alkyl halides is 3. The maximum atomic E-state index is 12.1. The van der Waals surface area contributed by atoms with Gasteiger partial charge in [0.2, 0.25) is 5.71 Å². The summed E-state index contributed by atoms with van der Waals surface area (Å²) in [6.07, 6.45) is -4.81. The van der Waals surface area contributed by atoms with Crippen LogP contribution in [0.1, 0.15) is 0 Å². The monoisotopic (exact) mass is 284 g/mol. The molecule has 1 aromatic carbocycles. The van der Waals surface area contributed by atoms with E-state index in [2.05, 4.69) is 15.3 Å². The van der Waals surface area contributed by atoms with Crippen molar-refractivity contribution in [3.8, 4) is 23.6 Å². The number of methoxy groups -OCH3 is 1. The molecule has 0 aromatic heterocycles. The number of hydrazone groups is 1. The van der Waals surface area contributed by atoms with Gasteiger partial charge in [0, 0.05) is 6.07 Å². The molecule has 9 heteroatoms. The van der Waals surface area contributed by atoms with E-state index in [1.54, 1.807) is 0 Å². The molecule has 0 saturated carbocycles. The summed E-state index contributed by atoms with van der Waals surface area (Å²) in [5, 5.41) is 20.4. The van der Waals surface area contributed by atoms with Crippen molar-refractivity contribution >= 4 is 11.4 Å². The summed E-state index contributed by atoms with van der Waals surface area (Å²) in [6.45, 7) is 0. The number of halogens is 3. The Morgan fingerprint density at radius 3 is 2.45 bits per heavy atom. The second-order valence-electron chi connectivity index (χ2n) is 3.21. The van der Waals surface area contributed by atoms with E-state index in [0.717, 1.165) is 12.1 Å². The third kappa shape index (κ3) is 4.38. The molecule has 0 fully saturated rings. The lowest BCUT2D eigenvalue weighted by molar-refractivity contribution is -0.274. The summed E-state index contributed by atoms with van der Waals surface area (Å²) >= 11 is 0. The number of rotatable bonds is 4. The predicted molar refractivity (Wildman–Crippen MR) is 62.0 cm³/mol. The molecule has 0 spiro atoms. The van der Waals surface area contributed by atoms with Crippen LogP contribution in [0.4, 0.5) is 18.9 Å². The fourth-order valence-electron chi connectivity index (χ4n) is 1.15. The number of ether oxygens (including phenoxy) is 2. The van der Waals surface area contributed by atoms with Crippen molar-refractivity contribution in [1.29, 1.82) is 10.5 Å². The van der Waals surface area contributed by atoms with Crippen molar-refractivity contribution < 1.29 is 22.6 Å². The Balaban J connectivity index is 2.98. The van der Waals surface area contributed by atoms with E-state index in [4.69, 9.17) is 15.3 Å². The van der Waals surface area contributed by atoms with Gasteiger partial charge in [-0.25, -0.2) is 0 Å². The maximum Gasteiger partial charge on any atom is 0.573 e. The number of benzene rings is 1. The number of nitrogens with zero attached hydrogens (tertiary/aromatic N) is 3. The van der Waals surface area contributed by atoms with Crippen LogP contribution in [0.5, 0.6) is 11.5 Å². The SMILES string of the molecule is COc1cc(OC(F)(F)F)ccc1NN=C(C#N)C#N. The smallest absolute Gasteiger partial charge is 0.494 e. The van der Waals surface area contributed by atoms with E-state index in [-0.39, 0.29) is 11.4 Å². The second kappa shape index (κ2) is 6.29. The molecule has 0 heterocycles. The van der Waals surface area contributed by atoms with Gasteiger partial charge < -0.3 is 9.47 Å². The molecule has 6 nitrogen and oxygen atoms in total. The van der Waals surface area contributed by atoms with Gasteiger partial charge in [-0.3, -0.25) is 5.43 Å². The predicted octanol–water partition coefficient (Wildman–Crippen LogP) is 2.41. The number of hydrogen-bond donors (Lipinski definition) is 1. The van der Waals surface area contributed by atoms with Crippen molar-refractivity contribution in [3.05, 3.63) is 18.2 Å². The van der Waals surface area contributed by atoms with Crippen molar-refractivity contribution in [2.45, 2.75) is 6.36 Å². The third-order valence-corrected chi connectivity index (χ3v) is 1.91. The Bertz CT molecular complexity index is 583. The molecule has 0 radical (unpaired) electrons.